The largest absolute Gasteiger partial charge is 0.507 e. The Hall–Kier alpha value is -1.15. The molecule has 0 saturated carbocycles. The highest BCUT2D eigenvalue weighted by molar-refractivity contribution is 14.1. The Morgan fingerprint density at radius 2 is 2.33 bits per heavy atom. The van der Waals surface area contributed by atoms with Crippen LogP contribution in [0.2, 0.25) is 0 Å². The van der Waals surface area contributed by atoms with E-state index in [9.17, 15) is 9.90 Å². The van der Waals surface area contributed by atoms with Gasteiger partial charge < -0.3 is 10.4 Å². The van der Waals surface area contributed by atoms with Crippen LogP contribution in [-0.4, -0.2) is 16.0 Å². The van der Waals surface area contributed by atoms with Gasteiger partial charge in [0.25, 0.3) is 5.91 Å². The van der Waals surface area contributed by atoms with Gasteiger partial charge in [0.1, 0.15) is 10.8 Å². The molecule has 1 amide bonds. The zero-order valence-electron chi connectivity index (χ0n) is 9.61. The molecule has 94 valence electrons. The standard InChI is InChI=1S/C12H11IN2O2S/c1-7-6-18-11(15-7)5-14-12(17)8-2-3-9(13)10(16)4-8/h2-4,6,16H,5H2,1H3,(H,14,17). The van der Waals surface area contributed by atoms with E-state index in [0.717, 1.165) is 14.3 Å². The topological polar surface area (TPSA) is 62.2 Å². The van der Waals surface area contributed by atoms with Crippen molar-refractivity contribution in [2.75, 3.05) is 0 Å². The summed E-state index contributed by atoms with van der Waals surface area (Å²) in [6.45, 7) is 2.32. The molecule has 0 radical (unpaired) electrons. The number of carbonyl (C=O) groups excluding carboxylic acids is 1. The Bertz CT molecular complexity index is 583. The molecule has 0 aliphatic carbocycles. The number of aromatic hydroxyl groups is 1. The van der Waals surface area contributed by atoms with Crippen molar-refractivity contribution in [1.29, 1.82) is 0 Å². The number of halogens is 1. The quantitative estimate of drug-likeness (QED) is 0.813. The van der Waals surface area contributed by atoms with Crippen molar-refractivity contribution in [3.63, 3.8) is 0 Å². The summed E-state index contributed by atoms with van der Waals surface area (Å²) < 4.78 is 0.722. The Kier molecular flexibility index (Phi) is 4.18. The number of hydrogen-bond acceptors (Lipinski definition) is 4. The van der Waals surface area contributed by atoms with Crippen molar-refractivity contribution in [3.05, 3.63) is 43.4 Å². The number of carbonyl (C=O) groups is 1. The Labute approximate surface area is 122 Å². The molecule has 0 aliphatic heterocycles. The van der Waals surface area contributed by atoms with Crippen LogP contribution in [0.3, 0.4) is 0 Å². The number of rotatable bonds is 3. The molecule has 0 fully saturated rings. The summed E-state index contributed by atoms with van der Waals surface area (Å²) in [6, 6.07) is 4.85. The first-order chi connectivity index (χ1) is 8.56. The van der Waals surface area contributed by atoms with Crippen LogP contribution in [0.4, 0.5) is 0 Å². The fourth-order valence-electron chi connectivity index (χ4n) is 1.40. The SMILES string of the molecule is Cc1csc(CNC(=O)c2ccc(I)c(O)c2)n1. The van der Waals surface area contributed by atoms with Gasteiger partial charge in [-0.1, -0.05) is 0 Å². The molecule has 18 heavy (non-hydrogen) atoms. The predicted octanol–water partition coefficient (Wildman–Crippen LogP) is 2.69. The maximum Gasteiger partial charge on any atom is 0.251 e. The molecule has 0 spiro atoms. The molecule has 1 heterocycles. The second-order valence-corrected chi connectivity index (χ2v) is 5.84. The first kappa shape index (κ1) is 13.3. The highest BCUT2D eigenvalue weighted by atomic mass is 127. The first-order valence-corrected chi connectivity index (χ1v) is 7.20. The molecule has 1 aromatic carbocycles. The third-order valence-electron chi connectivity index (χ3n) is 2.28. The van der Waals surface area contributed by atoms with Crippen molar-refractivity contribution >= 4 is 39.8 Å². The molecule has 6 heteroatoms. The Balaban J connectivity index is 2.01. The molecular weight excluding hydrogens is 363 g/mol. The predicted molar refractivity (Wildman–Crippen MR) is 78.8 cm³/mol. The number of nitrogens with zero attached hydrogens (tertiary/aromatic N) is 1. The molecule has 1 aromatic heterocycles. The Morgan fingerprint density at radius 1 is 1.56 bits per heavy atom. The van der Waals surface area contributed by atoms with Crippen LogP contribution in [0.15, 0.2) is 23.6 Å². The lowest BCUT2D eigenvalue weighted by Gasteiger charge is -2.04. The minimum atomic E-state index is -0.213. The summed E-state index contributed by atoms with van der Waals surface area (Å²) in [4.78, 5) is 16.1. The summed E-state index contributed by atoms with van der Waals surface area (Å²) in [7, 11) is 0. The van der Waals surface area contributed by atoms with E-state index in [4.69, 9.17) is 0 Å². The molecule has 0 saturated heterocycles. The fourth-order valence-corrected chi connectivity index (χ4v) is 2.44. The highest BCUT2D eigenvalue weighted by Gasteiger charge is 2.08. The van der Waals surface area contributed by atoms with Crippen LogP contribution in [-0.2, 0) is 6.54 Å². The third kappa shape index (κ3) is 3.20. The zero-order valence-corrected chi connectivity index (χ0v) is 12.6. The van der Waals surface area contributed by atoms with Crippen molar-refractivity contribution in [2.24, 2.45) is 0 Å². The number of amides is 1. The van der Waals surface area contributed by atoms with Gasteiger partial charge in [0.2, 0.25) is 0 Å². The van der Waals surface area contributed by atoms with Gasteiger partial charge in [0.15, 0.2) is 0 Å². The van der Waals surface area contributed by atoms with Crippen LogP contribution in [0, 0.1) is 10.5 Å². The number of thiazole rings is 1. The summed E-state index contributed by atoms with van der Waals surface area (Å²) in [5.74, 6) is -0.0945. The number of phenolic OH excluding ortho intramolecular Hbond substituents is 1. The average Bonchev–Trinajstić information content (AvgIpc) is 2.75. The van der Waals surface area contributed by atoms with Gasteiger partial charge in [-0.15, -0.1) is 11.3 Å². The number of aromatic nitrogens is 1. The zero-order chi connectivity index (χ0) is 13.1. The summed E-state index contributed by atoms with van der Waals surface area (Å²) in [5, 5.41) is 15.1. The van der Waals surface area contributed by atoms with Crippen molar-refractivity contribution in [3.8, 4) is 5.75 Å². The number of phenols is 1. The first-order valence-electron chi connectivity index (χ1n) is 5.24. The summed E-state index contributed by atoms with van der Waals surface area (Å²) in [6.07, 6.45) is 0. The second-order valence-electron chi connectivity index (χ2n) is 3.73. The second kappa shape index (κ2) is 5.66. The molecule has 2 aromatic rings. The maximum absolute atomic E-state index is 11.8. The normalized spacial score (nSPS) is 10.3. The summed E-state index contributed by atoms with van der Waals surface area (Å²) >= 11 is 3.52. The fraction of sp³-hybridized carbons (Fsp3) is 0.167. The van der Waals surface area contributed by atoms with E-state index in [1.54, 1.807) is 12.1 Å². The molecule has 0 unspecified atom stereocenters. The van der Waals surface area contributed by atoms with Crippen molar-refractivity contribution in [2.45, 2.75) is 13.5 Å². The van der Waals surface area contributed by atoms with E-state index < -0.39 is 0 Å². The number of hydrogen-bond donors (Lipinski definition) is 2. The monoisotopic (exact) mass is 374 g/mol. The minimum Gasteiger partial charge on any atom is -0.507 e. The highest BCUT2D eigenvalue weighted by Crippen LogP contribution is 2.20. The van der Waals surface area contributed by atoms with Crippen LogP contribution in [0.1, 0.15) is 21.1 Å². The molecule has 0 aliphatic rings. The summed E-state index contributed by atoms with van der Waals surface area (Å²) in [5.41, 5.74) is 1.40. The van der Waals surface area contributed by atoms with Crippen LogP contribution < -0.4 is 5.32 Å². The lowest BCUT2D eigenvalue weighted by molar-refractivity contribution is 0.0950. The molecular formula is C12H11IN2O2S. The van der Waals surface area contributed by atoms with E-state index in [1.165, 1.54) is 17.4 Å². The van der Waals surface area contributed by atoms with E-state index in [0.29, 0.717) is 12.1 Å². The van der Waals surface area contributed by atoms with Gasteiger partial charge >= 0.3 is 0 Å². The van der Waals surface area contributed by atoms with Crippen LogP contribution >= 0.6 is 33.9 Å². The smallest absolute Gasteiger partial charge is 0.251 e. The van der Waals surface area contributed by atoms with E-state index in [1.807, 2.05) is 34.9 Å². The minimum absolute atomic E-state index is 0.119. The van der Waals surface area contributed by atoms with Gasteiger partial charge in [-0.3, -0.25) is 4.79 Å². The van der Waals surface area contributed by atoms with Crippen molar-refractivity contribution < 1.29 is 9.90 Å². The van der Waals surface area contributed by atoms with Gasteiger partial charge in [-0.05, 0) is 47.7 Å². The van der Waals surface area contributed by atoms with E-state index >= 15 is 0 Å². The van der Waals surface area contributed by atoms with Crippen LogP contribution in [0.25, 0.3) is 0 Å². The van der Waals surface area contributed by atoms with Gasteiger partial charge in [-0.25, -0.2) is 4.98 Å². The molecule has 0 bridgehead atoms. The van der Waals surface area contributed by atoms with Gasteiger partial charge in [0.05, 0.1) is 10.1 Å². The van der Waals surface area contributed by atoms with E-state index in [2.05, 4.69) is 10.3 Å². The number of nitrogens with one attached hydrogen (secondary N) is 1. The molecule has 0 atom stereocenters. The number of aryl methyl sites for hydroxylation is 1. The van der Waals surface area contributed by atoms with Gasteiger partial charge in [-0.2, -0.15) is 0 Å². The average molecular weight is 374 g/mol. The lowest BCUT2D eigenvalue weighted by Crippen LogP contribution is -2.22. The van der Waals surface area contributed by atoms with Gasteiger partial charge in [0, 0.05) is 16.6 Å². The molecule has 2 rings (SSSR count). The maximum atomic E-state index is 11.8. The third-order valence-corrected chi connectivity index (χ3v) is 4.15. The number of benzene rings is 1. The molecule has 4 nitrogen and oxygen atoms in total. The lowest BCUT2D eigenvalue weighted by atomic mass is 10.2. The van der Waals surface area contributed by atoms with Crippen molar-refractivity contribution in [1.82, 2.24) is 10.3 Å². The molecule has 2 N–H and O–H groups in total. The van der Waals surface area contributed by atoms with Crippen LogP contribution in [0.5, 0.6) is 5.75 Å². The van der Waals surface area contributed by atoms with E-state index in [-0.39, 0.29) is 11.7 Å². The Morgan fingerprint density at radius 3 is 2.94 bits per heavy atom.